The Morgan fingerprint density at radius 2 is 1.88 bits per heavy atom. The first kappa shape index (κ1) is 18.1. The van der Waals surface area contributed by atoms with Crippen LogP contribution in [-0.2, 0) is 16.0 Å². The van der Waals surface area contributed by atoms with E-state index in [9.17, 15) is 9.59 Å². The number of aryl methyl sites for hydroxylation is 1. The lowest BCUT2D eigenvalue weighted by atomic mass is 9.95. The van der Waals surface area contributed by atoms with Crippen molar-refractivity contribution in [2.45, 2.75) is 58.1 Å². The number of anilines is 1. The van der Waals surface area contributed by atoms with Crippen LogP contribution in [0.5, 0.6) is 0 Å². The van der Waals surface area contributed by atoms with Crippen molar-refractivity contribution >= 4 is 29.3 Å². The average molecular weight is 365 g/mol. The van der Waals surface area contributed by atoms with Crippen molar-refractivity contribution in [1.29, 1.82) is 0 Å². The fourth-order valence-corrected chi connectivity index (χ4v) is 3.71. The second kappa shape index (κ2) is 6.87. The molecule has 2 aliphatic rings. The van der Waals surface area contributed by atoms with Crippen molar-refractivity contribution in [2.75, 3.05) is 18.0 Å². The van der Waals surface area contributed by atoms with Gasteiger partial charge in [-0.15, -0.1) is 0 Å². The zero-order valence-electron chi connectivity index (χ0n) is 15.0. The number of carbonyl (C=O) groups excluding carboxylic acids is 2. The van der Waals surface area contributed by atoms with Gasteiger partial charge in [-0.25, -0.2) is 4.79 Å². The summed E-state index contributed by atoms with van der Waals surface area (Å²) in [7, 11) is 0. The molecule has 0 aliphatic carbocycles. The van der Waals surface area contributed by atoms with E-state index in [4.69, 9.17) is 16.3 Å². The standard InChI is InChI=1S/C19H25ClN2O3/c1-19(2,3)25-18(24)21-10-8-15(9-11-21)22-16-6-5-14(20)12-13(16)4-7-17(22)23/h5-6,12,15H,4,7-11H2,1-3H3. The van der Waals surface area contributed by atoms with Gasteiger partial charge in [0.15, 0.2) is 0 Å². The number of hydrogen-bond donors (Lipinski definition) is 0. The van der Waals surface area contributed by atoms with Gasteiger partial charge in [-0.2, -0.15) is 0 Å². The molecule has 0 bridgehead atoms. The van der Waals surface area contributed by atoms with Gasteiger partial charge >= 0.3 is 6.09 Å². The van der Waals surface area contributed by atoms with Gasteiger partial charge in [0.2, 0.25) is 5.91 Å². The second-order valence-corrected chi connectivity index (χ2v) is 8.17. The van der Waals surface area contributed by atoms with E-state index < -0.39 is 5.60 Å². The van der Waals surface area contributed by atoms with Crippen LogP contribution in [0.2, 0.25) is 5.02 Å². The highest BCUT2D eigenvalue weighted by Gasteiger charge is 2.34. The molecule has 2 amide bonds. The molecule has 2 heterocycles. The van der Waals surface area contributed by atoms with Crippen molar-refractivity contribution < 1.29 is 14.3 Å². The molecule has 1 saturated heterocycles. The molecule has 1 fully saturated rings. The molecule has 3 rings (SSSR count). The predicted molar refractivity (Wildman–Crippen MR) is 98.1 cm³/mol. The van der Waals surface area contributed by atoms with E-state index in [1.54, 1.807) is 4.90 Å². The minimum atomic E-state index is -0.491. The summed E-state index contributed by atoms with van der Waals surface area (Å²) in [6, 6.07) is 5.84. The first-order valence-corrected chi connectivity index (χ1v) is 9.21. The third kappa shape index (κ3) is 4.09. The lowest BCUT2D eigenvalue weighted by molar-refractivity contribution is -0.119. The Bertz CT molecular complexity index is 676. The van der Waals surface area contributed by atoms with E-state index >= 15 is 0 Å². The van der Waals surface area contributed by atoms with Crippen LogP contribution in [0.25, 0.3) is 0 Å². The Morgan fingerprint density at radius 1 is 1.20 bits per heavy atom. The van der Waals surface area contributed by atoms with Crippen LogP contribution in [0, 0.1) is 0 Å². The van der Waals surface area contributed by atoms with Gasteiger partial charge in [-0.3, -0.25) is 4.79 Å². The molecular formula is C19H25ClN2O3. The normalized spacial score (nSPS) is 19.0. The van der Waals surface area contributed by atoms with Crippen molar-refractivity contribution in [3.05, 3.63) is 28.8 Å². The minimum Gasteiger partial charge on any atom is -0.444 e. The fraction of sp³-hybridized carbons (Fsp3) is 0.579. The number of carbonyl (C=O) groups is 2. The Kier molecular flexibility index (Phi) is 4.96. The van der Waals surface area contributed by atoms with Crippen LogP contribution in [0.1, 0.15) is 45.6 Å². The zero-order chi connectivity index (χ0) is 18.2. The van der Waals surface area contributed by atoms with Gasteiger partial charge in [0, 0.05) is 36.3 Å². The predicted octanol–water partition coefficient (Wildman–Crippen LogP) is 4.02. The van der Waals surface area contributed by atoms with Crippen molar-refractivity contribution in [3.8, 4) is 0 Å². The van der Waals surface area contributed by atoms with Crippen LogP contribution in [0.4, 0.5) is 10.5 Å². The average Bonchev–Trinajstić information content (AvgIpc) is 2.53. The van der Waals surface area contributed by atoms with Gasteiger partial charge in [0.05, 0.1) is 0 Å². The van der Waals surface area contributed by atoms with Crippen LogP contribution in [-0.4, -0.2) is 41.6 Å². The van der Waals surface area contributed by atoms with E-state index in [0.717, 1.165) is 30.5 Å². The monoisotopic (exact) mass is 364 g/mol. The van der Waals surface area contributed by atoms with E-state index in [2.05, 4.69) is 0 Å². The molecular weight excluding hydrogens is 340 g/mol. The van der Waals surface area contributed by atoms with E-state index in [1.807, 2.05) is 43.9 Å². The third-order valence-corrected chi connectivity index (χ3v) is 4.89. The molecule has 1 aromatic rings. The summed E-state index contributed by atoms with van der Waals surface area (Å²) in [5.74, 6) is 0.158. The quantitative estimate of drug-likeness (QED) is 0.756. The van der Waals surface area contributed by atoms with Crippen LogP contribution in [0.3, 0.4) is 0 Å². The number of rotatable bonds is 1. The summed E-state index contributed by atoms with van der Waals surface area (Å²) in [6.07, 6.45) is 2.49. The highest BCUT2D eigenvalue weighted by molar-refractivity contribution is 6.30. The maximum atomic E-state index is 12.5. The number of piperidine rings is 1. The largest absolute Gasteiger partial charge is 0.444 e. The van der Waals surface area contributed by atoms with Crippen molar-refractivity contribution in [1.82, 2.24) is 4.90 Å². The molecule has 1 aromatic carbocycles. The summed E-state index contributed by atoms with van der Waals surface area (Å²) in [6.45, 7) is 6.81. The molecule has 0 atom stereocenters. The number of amides is 2. The van der Waals surface area contributed by atoms with Gasteiger partial charge in [-0.05, 0) is 63.8 Å². The molecule has 0 unspecified atom stereocenters. The summed E-state index contributed by atoms with van der Waals surface area (Å²) in [4.78, 5) is 28.4. The molecule has 2 aliphatic heterocycles. The number of fused-ring (bicyclic) bond motifs is 1. The van der Waals surface area contributed by atoms with Gasteiger partial charge in [-0.1, -0.05) is 11.6 Å². The molecule has 6 heteroatoms. The molecule has 0 radical (unpaired) electrons. The molecule has 0 spiro atoms. The Labute approximate surface area is 153 Å². The molecule has 25 heavy (non-hydrogen) atoms. The highest BCUT2D eigenvalue weighted by atomic mass is 35.5. The summed E-state index contributed by atoms with van der Waals surface area (Å²) in [5, 5.41) is 0.702. The van der Waals surface area contributed by atoms with E-state index in [-0.39, 0.29) is 18.0 Å². The molecule has 5 nitrogen and oxygen atoms in total. The second-order valence-electron chi connectivity index (χ2n) is 7.74. The number of ether oxygens (including phenoxy) is 1. The summed E-state index contributed by atoms with van der Waals surface area (Å²) >= 11 is 6.09. The SMILES string of the molecule is CC(C)(C)OC(=O)N1CCC(N2C(=O)CCc3cc(Cl)ccc32)CC1. The summed E-state index contributed by atoms with van der Waals surface area (Å²) < 4.78 is 5.44. The molecule has 0 aromatic heterocycles. The Hall–Kier alpha value is -1.75. The summed E-state index contributed by atoms with van der Waals surface area (Å²) in [5.41, 5.74) is 1.60. The number of nitrogens with zero attached hydrogens (tertiary/aromatic N) is 2. The number of hydrogen-bond acceptors (Lipinski definition) is 3. The van der Waals surface area contributed by atoms with E-state index in [0.29, 0.717) is 24.5 Å². The Balaban J connectivity index is 1.69. The molecule has 0 saturated carbocycles. The maximum absolute atomic E-state index is 12.5. The number of likely N-dealkylation sites (tertiary alicyclic amines) is 1. The zero-order valence-corrected chi connectivity index (χ0v) is 15.8. The van der Waals surface area contributed by atoms with Gasteiger partial charge < -0.3 is 14.5 Å². The highest BCUT2D eigenvalue weighted by Crippen LogP contribution is 2.34. The minimum absolute atomic E-state index is 0.117. The van der Waals surface area contributed by atoms with Crippen LogP contribution >= 0.6 is 11.6 Å². The van der Waals surface area contributed by atoms with Crippen molar-refractivity contribution in [2.24, 2.45) is 0 Å². The topological polar surface area (TPSA) is 49.9 Å². The first-order valence-electron chi connectivity index (χ1n) is 8.83. The molecule has 0 N–H and O–H groups in total. The maximum Gasteiger partial charge on any atom is 0.410 e. The number of halogens is 1. The van der Waals surface area contributed by atoms with Crippen molar-refractivity contribution in [3.63, 3.8) is 0 Å². The lowest BCUT2D eigenvalue weighted by Gasteiger charge is -2.41. The van der Waals surface area contributed by atoms with Crippen LogP contribution in [0.15, 0.2) is 18.2 Å². The van der Waals surface area contributed by atoms with Gasteiger partial charge in [0.1, 0.15) is 5.60 Å². The number of benzene rings is 1. The van der Waals surface area contributed by atoms with E-state index in [1.165, 1.54) is 0 Å². The fourth-order valence-electron chi connectivity index (χ4n) is 3.52. The first-order chi connectivity index (χ1) is 11.7. The third-order valence-electron chi connectivity index (χ3n) is 4.66. The van der Waals surface area contributed by atoms with Gasteiger partial charge in [0.25, 0.3) is 0 Å². The Morgan fingerprint density at radius 3 is 2.52 bits per heavy atom. The lowest BCUT2D eigenvalue weighted by Crippen LogP contribution is -2.51. The van der Waals surface area contributed by atoms with Crippen LogP contribution < -0.4 is 4.90 Å². The molecule has 136 valence electrons. The smallest absolute Gasteiger partial charge is 0.410 e.